The first-order valence-corrected chi connectivity index (χ1v) is 7.87. The van der Waals surface area contributed by atoms with Crippen molar-refractivity contribution in [1.29, 1.82) is 0 Å². The zero-order valence-electron chi connectivity index (χ0n) is 12.1. The molecule has 1 aliphatic heterocycles. The molecule has 1 aliphatic carbocycles. The van der Waals surface area contributed by atoms with E-state index in [0.29, 0.717) is 12.1 Å². The third kappa shape index (κ3) is 4.46. The van der Waals surface area contributed by atoms with Crippen molar-refractivity contribution < 1.29 is 9.90 Å². The lowest BCUT2D eigenvalue weighted by molar-refractivity contribution is -0.137. The molecule has 0 aromatic rings. The van der Waals surface area contributed by atoms with E-state index in [4.69, 9.17) is 5.11 Å². The molecule has 4 heteroatoms. The number of hydrogen-bond acceptors (Lipinski definition) is 3. The minimum Gasteiger partial charge on any atom is -0.481 e. The average Bonchev–Trinajstić information content (AvgIpc) is 2.70. The lowest BCUT2D eigenvalue weighted by Gasteiger charge is -2.36. The summed E-state index contributed by atoms with van der Waals surface area (Å²) >= 11 is 0. The average molecular weight is 268 g/mol. The lowest BCUT2D eigenvalue weighted by atomic mass is 10.0. The fraction of sp³-hybridized carbons (Fsp3) is 0.933. The third-order valence-corrected chi connectivity index (χ3v) is 4.71. The van der Waals surface area contributed by atoms with E-state index in [9.17, 15) is 4.79 Å². The van der Waals surface area contributed by atoms with Crippen LogP contribution in [0.3, 0.4) is 0 Å². The smallest absolute Gasteiger partial charge is 0.304 e. The number of aliphatic carboxylic acids is 1. The van der Waals surface area contributed by atoms with Gasteiger partial charge in [0.2, 0.25) is 0 Å². The summed E-state index contributed by atoms with van der Waals surface area (Å²) in [6.07, 6.45) is 9.39. The topological polar surface area (TPSA) is 52.6 Å². The Labute approximate surface area is 116 Å². The van der Waals surface area contributed by atoms with E-state index in [2.05, 4.69) is 17.1 Å². The lowest BCUT2D eigenvalue weighted by Crippen LogP contribution is -2.46. The van der Waals surface area contributed by atoms with Crippen molar-refractivity contribution in [3.05, 3.63) is 0 Å². The highest BCUT2D eigenvalue weighted by Gasteiger charge is 2.29. The summed E-state index contributed by atoms with van der Waals surface area (Å²) in [7, 11) is 0. The van der Waals surface area contributed by atoms with E-state index < -0.39 is 5.97 Å². The molecule has 1 saturated heterocycles. The van der Waals surface area contributed by atoms with E-state index in [1.54, 1.807) is 0 Å². The normalized spacial score (nSPS) is 31.6. The van der Waals surface area contributed by atoms with E-state index in [0.717, 1.165) is 19.5 Å². The van der Waals surface area contributed by atoms with Gasteiger partial charge in [-0.05, 0) is 32.7 Å². The van der Waals surface area contributed by atoms with Crippen LogP contribution in [-0.4, -0.2) is 47.2 Å². The van der Waals surface area contributed by atoms with Gasteiger partial charge in [0, 0.05) is 24.7 Å². The quantitative estimate of drug-likeness (QED) is 0.771. The molecular weight excluding hydrogens is 240 g/mol. The molecule has 2 N–H and O–H groups in total. The fourth-order valence-corrected chi connectivity index (χ4v) is 3.61. The molecule has 0 aromatic heterocycles. The monoisotopic (exact) mass is 268 g/mol. The standard InChI is InChI=1S/C15H28N2O2/c1-12-8-9-16-13(10-15(18)19)11-17(12)14-6-4-2-3-5-7-14/h12-14,16H,2-11H2,1H3,(H,18,19). The van der Waals surface area contributed by atoms with Crippen LogP contribution in [0.2, 0.25) is 0 Å². The van der Waals surface area contributed by atoms with Crippen molar-refractivity contribution >= 4 is 5.97 Å². The van der Waals surface area contributed by atoms with Crippen LogP contribution in [-0.2, 0) is 4.79 Å². The first-order chi connectivity index (χ1) is 9.16. The van der Waals surface area contributed by atoms with Crippen LogP contribution >= 0.6 is 0 Å². The summed E-state index contributed by atoms with van der Waals surface area (Å²) in [5.41, 5.74) is 0. The first-order valence-electron chi connectivity index (χ1n) is 7.87. The second-order valence-electron chi connectivity index (χ2n) is 6.23. The summed E-state index contributed by atoms with van der Waals surface area (Å²) in [6.45, 7) is 4.15. The van der Waals surface area contributed by atoms with Crippen LogP contribution in [0.1, 0.15) is 58.3 Å². The van der Waals surface area contributed by atoms with Gasteiger partial charge < -0.3 is 10.4 Å². The van der Waals surface area contributed by atoms with Crippen LogP contribution in [0.5, 0.6) is 0 Å². The second kappa shape index (κ2) is 7.25. The fourth-order valence-electron chi connectivity index (χ4n) is 3.61. The molecule has 110 valence electrons. The van der Waals surface area contributed by atoms with Crippen molar-refractivity contribution in [1.82, 2.24) is 10.2 Å². The number of nitrogens with one attached hydrogen (secondary N) is 1. The maximum atomic E-state index is 10.9. The van der Waals surface area contributed by atoms with Crippen molar-refractivity contribution in [3.63, 3.8) is 0 Å². The molecule has 0 spiro atoms. The van der Waals surface area contributed by atoms with Gasteiger partial charge >= 0.3 is 5.97 Å². The Balaban J connectivity index is 1.99. The maximum absolute atomic E-state index is 10.9. The molecule has 2 atom stereocenters. The number of carboxylic acid groups (broad SMARTS) is 1. The highest BCUT2D eigenvalue weighted by atomic mass is 16.4. The number of hydrogen-bond donors (Lipinski definition) is 2. The maximum Gasteiger partial charge on any atom is 0.304 e. The van der Waals surface area contributed by atoms with Gasteiger partial charge in [-0.2, -0.15) is 0 Å². The van der Waals surface area contributed by atoms with E-state index in [1.165, 1.54) is 38.5 Å². The highest BCUT2D eigenvalue weighted by Crippen LogP contribution is 2.25. The van der Waals surface area contributed by atoms with Crippen molar-refractivity contribution in [3.8, 4) is 0 Å². The molecule has 4 nitrogen and oxygen atoms in total. The predicted octanol–water partition coefficient (Wildman–Crippen LogP) is 2.24. The molecule has 0 amide bonds. The van der Waals surface area contributed by atoms with Crippen LogP contribution in [0.15, 0.2) is 0 Å². The molecule has 0 bridgehead atoms. The van der Waals surface area contributed by atoms with Crippen LogP contribution in [0.4, 0.5) is 0 Å². The summed E-state index contributed by atoms with van der Waals surface area (Å²) < 4.78 is 0. The molecule has 2 fully saturated rings. The third-order valence-electron chi connectivity index (χ3n) is 4.71. The molecule has 0 aromatic carbocycles. The minimum absolute atomic E-state index is 0.116. The Morgan fingerprint density at radius 1 is 1.21 bits per heavy atom. The molecule has 1 heterocycles. The molecule has 19 heavy (non-hydrogen) atoms. The minimum atomic E-state index is -0.687. The van der Waals surface area contributed by atoms with E-state index >= 15 is 0 Å². The summed E-state index contributed by atoms with van der Waals surface area (Å²) in [6, 6.07) is 1.37. The molecule has 2 unspecified atom stereocenters. The number of rotatable bonds is 3. The zero-order chi connectivity index (χ0) is 13.7. The Bertz CT molecular complexity index is 288. The van der Waals surface area contributed by atoms with E-state index in [-0.39, 0.29) is 12.5 Å². The van der Waals surface area contributed by atoms with Crippen molar-refractivity contribution in [2.24, 2.45) is 0 Å². The zero-order valence-corrected chi connectivity index (χ0v) is 12.1. The molecule has 0 radical (unpaired) electrons. The van der Waals surface area contributed by atoms with Crippen LogP contribution in [0, 0.1) is 0 Å². The van der Waals surface area contributed by atoms with Gasteiger partial charge in [-0.25, -0.2) is 0 Å². The second-order valence-corrected chi connectivity index (χ2v) is 6.23. The van der Waals surface area contributed by atoms with Gasteiger partial charge in [-0.3, -0.25) is 9.69 Å². The summed E-state index contributed by atoms with van der Waals surface area (Å²) in [4.78, 5) is 13.5. The number of nitrogens with zero attached hydrogens (tertiary/aromatic N) is 1. The Morgan fingerprint density at radius 2 is 1.89 bits per heavy atom. The van der Waals surface area contributed by atoms with Gasteiger partial charge in [0.05, 0.1) is 6.42 Å². The number of carboxylic acids is 1. The molecule has 2 aliphatic rings. The van der Waals surface area contributed by atoms with Crippen molar-refractivity contribution in [2.45, 2.75) is 76.4 Å². The van der Waals surface area contributed by atoms with Crippen molar-refractivity contribution in [2.75, 3.05) is 13.1 Å². The summed E-state index contributed by atoms with van der Waals surface area (Å²) in [5.74, 6) is -0.687. The Hall–Kier alpha value is -0.610. The predicted molar refractivity (Wildman–Crippen MR) is 76.3 cm³/mol. The first kappa shape index (κ1) is 14.8. The SMILES string of the molecule is CC1CCNC(CC(=O)O)CN1C1CCCCCC1. The highest BCUT2D eigenvalue weighted by molar-refractivity contribution is 5.67. The largest absolute Gasteiger partial charge is 0.481 e. The van der Waals surface area contributed by atoms with Gasteiger partial charge in [0.1, 0.15) is 0 Å². The van der Waals surface area contributed by atoms with E-state index in [1.807, 2.05) is 0 Å². The van der Waals surface area contributed by atoms with Crippen LogP contribution in [0.25, 0.3) is 0 Å². The van der Waals surface area contributed by atoms with Crippen LogP contribution < -0.4 is 5.32 Å². The summed E-state index contributed by atoms with van der Waals surface area (Å²) in [5, 5.41) is 12.4. The van der Waals surface area contributed by atoms with Gasteiger partial charge in [0.25, 0.3) is 0 Å². The van der Waals surface area contributed by atoms with Gasteiger partial charge in [-0.15, -0.1) is 0 Å². The Kier molecular flexibility index (Phi) is 5.64. The molecule has 2 rings (SSSR count). The Morgan fingerprint density at radius 3 is 2.53 bits per heavy atom. The van der Waals surface area contributed by atoms with Gasteiger partial charge in [-0.1, -0.05) is 25.7 Å². The molecule has 1 saturated carbocycles. The van der Waals surface area contributed by atoms with Gasteiger partial charge in [0.15, 0.2) is 0 Å². The molecular formula is C15H28N2O2. The number of carbonyl (C=O) groups is 1.